The van der Waals surface area contributed by atoms with Crippen molar-refractivity contribution in [3.63, 3.8) is 0 Å². The second-order valence-corrected chi connectivity index (χ2v) is 4.66. The summed E-state index contributed by atoms with van der Waals surface area (Å²) in [4.78, 5) is 22.4. The van der Waals surface area contributed by atoms with Crippen LogP contribution in [0.3, 0.4) is 0 Å². The summed E-state index contributed by atoms with van der Waals surface area (Å²) in [5, 5.41) is 24.6. The van der Waals surface area contributed by atoms with Gasteiger partial charge in [0, 0.05) is 18.2 Å². The van der Waals surface area contributed by atoms with E-state index in [2.05, 4.69) is 10.2 Å². The SMILES string of the molecule is CN(C)CCCNCc1ccc([N+](=O)[O-])cc1[N+](=O)[O-]. The van der Waals surface area contributed by atoms with Gasteiger partial charge in [0.25, 0.3) is 11.4 Å². The van der Waals surface area contributed by atoms with Crippen molar-refractivity contribution >= 4 is 11.4 Å². The molecule has 0 bridgehead atoms. The van der Waals surface area contributed by atoms with Gasteiger partial charge in [-0.05, 0) is 39.7 Å². The Morgan fingerprint density at radius 1 is 1.20 bits per heavy atom. The summed E-state index contributed by atoms with van der Waals surface area (Å²) in [6.07, 6.45) is 0.924. The molecule has 20 heavy (non-hydrogen) atoms. The molecular weight excluding hydrogens is 264 g/mol. The Morgan fingerprint density at radius 2 is 1.90 bits per heavy atom. The van der Waals surface area contributed by atoms with E-state index in [0.717, 1.165) is 25.6 Å². The van der Waals surface area contributed by atoms with Gasteiger partial charge in [-0.3, -0.25) is 20.2 Å². The van der Waals surface area contributed by atoms with Crippen LogP contribution in [0.25, 0.3) is 0 Å². The summed E-state index contributed by atoms with van der Waals surface area (Å²) in [5.41, 5.74) is -0.0437. The van der Waals surface area contributed by atoms with Crippen LogP contribution in [0, 0.1) is 20.2 Å². The van der Waals surface area contributed by atoms with Crippen molar-refractivity contribution in [2.45, 2.75) is 13.0 Å². The zero-order valence-electron chi connectivity index (χ0n) is 11.5. The van der Waals surface area contributed by atoms with Crippen LogP contribution in [0.1, 0.15) is 12.0 Å². The van der Waals surface area contributed by atoms with Crippen LogP contribution >= 0.6 is 0 Å². The fourth-order valence-electron chi connectivity index (χ4n) is 1.73. The minimum atomic E-state index is -0.638. The topological polar surface area (TPSA) is 102 Å². The Morgan fingerprint density at radius 3 is 2.45 bits per heavy atom. The molecule has 0 saturated carbocycles. The van der Waals surface area contributed by atoms with Gasteiger partial charge in [-0.25, -0.2) is 0 Å². The van der Waals surface area contributed by atoms with E-state index < -0.39 is 9.85 Å². The molecule has 0 fully saturated rings. The Hall–Kier alpha value is -2.06. The van der Waals surface area contributed by atoms with Gasteiger partial charge in [0.1, 0.15) is 0 Å². The Labute approximate surface area is 116 Å². The molecule has 0 amide bonds. The quantitative estimate of drug-likeness (QED) is 0.441. The summed E-state index contributed by atoms with van der Waals surface area (Å²) in [6, 6.07) is 3.70. The number of nitrogens with one attached hydrogen (secondary N) is 1. The molecule has 110 valence electrons. The van der Waals surface area contributed by atoms with Gasteiger partial charge in [-0.1, -0.05) is 0 Å². The van der Waals surface area contributed by atoms with Crippen molar-refractivity contribution in [1.82, 2.24) is 10.2 Å². The van der Waals surface area contributed by atoms with E-state index in [1.54, 1.807) is 0 Å². The number of rotatable bonds is 8. The maximum absolute atomic E-state index is 10.9. The number of benzene rings is 1. The molecule has 1 aromatic carbocycles. The summed E-state index contributed by atoms with van der Waals surface area (Å²) in [6.45, 7) is 1.98. The zero-order chi connectivity index (χ0) is 15.1. The number of nitro benzene ring substituents is 2. The molecule has 8 nitrogen and oxygen atoms in total. The van der Waals surface area contributed by atoms with E-state index in [1.165, 1.54) is 12.1 Å². The highest BCUT2D eigenvalue weighted by atomic mass is 16.6. The first-order valence-electron chi connectivity index (χ1n) is 6.19. The molecule has 0 unspecified atom stereocenters. The first-order chi connectivity index (χ1) is 9.41. The van der Waals surface area contributed by atoms with Crippen molar-refractivity contribution in [2.75, 3.05) is 27.2 Å². The zero-order valence-corrected chi connectivity index (χ0v) is 11.5. The Bertz CT molecular complexity index is 490. The maximum atomic E-state index is 10.9. The normalized spacial score (nSPS) is 10.8. The van der Waals surface area contributed by atoms with E-state index in [1.807, 2.05) is 14.1 Å². The van der Waals surface area contributed by atoms with E-state index in [9.17, 15) is 20.2 Å². The highest BCUT2D eigenvalue weighted by molar-refractivity contribution is 5.49. The molecular formula is C12H18N4O4. The van der Waals surface area contributed by atoms with Crippen LogP contribution in [0.2, 0.25) is 0 Å². The summed E-state index contributed by atoms with van der Waals surface area (Å²) >= 11 is 0. The molecule has 0 aliphatic carbocycles. The van der Waals surface area contributed by atoms with Crippen molar-refractivity contribution in [1.29, 1.82) is 0 Å². The van der Waals surface area contributed by atoms with E-state index >= 15 is 0 Å². The van der Waals surface area contributed by atoms with Crippen LogP contribution < -0.4 is 5.32 Å². The number of non-ortho nitro benzene ring substituents is 1. The standard InChI is InChI=1S/C12H18N4O4/c1-14(2)7-3-6-13-9-10-4-5-11(15(17)18)8-12(10)16(19)20/h4-5,8,13H,3,6-7,9H2,1-2H3. The average Bonchev–Trinajstić information content (AvgIpc) is 2.37. The van der Waals surface area contributed by atoms with Gasteiger partial charge >= 0.3 is 0 Å². The predicted octanol–water partition coefficient (Wildman–Crippen LogP) is 1.54. The van der Waals surface area contributed by atoms with Gasteiger partial charge in [0.15, 0.2) is 0 Å². The Balaban J connectivity index is 2.65. The second kappa shape index (κ2) is 7.51. The fourth-order valence-corrected chi connectivity index (χ4v) is 1.73. The number of hydrogen-bond donors (Lipinski definition) is 1. The largest absolute Gasteiger partial charge is 0.312 e. The molecule has 0 radical (unpaired) electrons. The van der Waals surface area contributed by atoms with Crippen LogP contribution in [-0.4, -0.2) is 41.9 Å². The lowest BCUT2D eigenvalue weighted by Gasteiger charge is -2.09. The lowest BCUT2D eigenvalue weighted by Crippen LogP contribution is -2.21. The minimum absolute atomic E-state index is 0.223. The third-order valence-electron chi connectivity index (χ3n) is 2.75. The van der Waals surface area contributed by atoms with Gasteiger partial charge in [-0.2, -0.15) is 0 Å². The minimum Gasteiger partial charge on any atom is -0.312 e. The molecule has 0 aromatic heterocycles. The highest BCUT2D eigenvalue weighted by Gasteiger charge is 2.18. The maximum Gasteiger partial charge on any atom is 0.280 e. The van der Waals surface area contributed by atoms with Crippen LogP contribution in [0.4, 0.5) is 11.4 Å². The summed E-state index contributed by atoms with van der Waals surface area (Å²) in [5.74, 6) is 0. The third kappa shape index (κ3) is 4.90. The van der Waals surface area contributed by atoms with Gasteiger partial charge in [0.05, 0.1) is 15.9 Å². The van der Waals surface area contributed by atoms with Crippen molar-refractivity contribution in [3.8, 4) is 0 Å². The van der Waals surface area contributed by atoms with Crippen molar-refractivity contribution < 1.29 is 9.85 Å². The summed E-state index contributed by atoms with van der Waals surface area (Å²) in [7, 11) is 3.95. The first kappa shape index (κ1) is 16.0. The van der Waals surface area contributed by atoms with Crippen LogP contribution in [-0.2, 0) is 6.54 Å². The first-order valence-corrected chi connectivity index (χ1v) is 6.19. The van der Waals surface area contributed by atoms with Crippen LogP contribution in [0.5, 0.6) is 0 Å². The molecule has 8 heteroatoms. The number of nitro groups is 2. The smallest absolute Gasteiger partial charge is 0.280 e. The molecule has 1 rings (SSSR count). The van der Waals surface area contributed by atoms with Crippen molar-refractivity contribution in [2.24, 2.45) is 0 Å². The molecule has 0 aliphatic heterocycles. The molecule has 0 atom stereocenters. The molecule has 1 N–H and O–H groups in total. The molecule has 0 heterocycles. The summed E-state index contributed by atoms with van der Waals surface area (Å²) < 4.78 is 0. The van der Waals surface area contributed by atoms with Crippen LogP contribution in [0.15, 0.2) is 18.2 Å². The lowest BCUT2D eigenvalue weighted by atomic mass is 10.1. The number of hydrogen-bond acceptors (Lipinski definition) is 6. The number of nitrogens with zero attached hydrogens (tertiary/aromatic N) is 3. The van der Waals surface area contributed by atoms with Gasteiger partial charge in [0.2, 0.25) is 0 Å². The van der Waals surface area contributed by atoms with E-state index in [0.29, 0.717) is 12.1 Å². The van der Waals surface area contributed by atoms with E-state index in [-0.39, 0.29) is 11.4 Å². The molecule has 0 aliphatic rings. The van der Waals surface area contributed by atoms with E-state index in [4.69, 9.17) is 0 Å². The van der Waals surface area contributed by atoms with Crippen molar-refractivity contribution in [3.05, 3.63) is 44.0 Å². The van der Waals surface area contributed by atoms with Gasteiger partial charge in [-0.15, -0.1) is 0 Å². The molecule has 1 aromatic rings. The molecule has 0 spiro atoms. The Kier molecular flexibility index (Phi) is 6.01. The lowest BCUT2D eigenvalue weighted by molar-refractivity contribution is -0.394. The highest BCUT2D eigenvalue weighted by Crippen LogP contribution is 2.24. The second-order valence-electron chi connectivity index (χ2n) is 4.66. The van der Waals surface area contributed by atoms with Gasteiger partial charge < -0.3 is 10.2 Å². The average molecular weight is 282 g/mol. The third-order valence-corrected chi connectivity index (χ3v) is 2.75. The monoisotopic (exact) mass is 282 g/mol. The fraction of sp³-hybridized carbons (Fsp3) is 0.500. The molecule has 0 saturated heterocycles. The predicted molar refractivity (Wildman–Crippen MR) is 74.6 cm³/mol.